The van der Waals surface area contributed by atoms with Gasteiger partial charge >= 0.3 is 0 Å². The van der Waals surface area contributed by atoms with Crippen molar-refractivity contribution >= 4 is 21.5 Å². The molecule has 5 nitrogen and oxygen atoms in total. The Balaban J connectivity index is 2.68. The summed E-state index contributed by atoms with van der Waals surface area (Å²) in [7, 11) is -3.25. The number of nitrogens with zero attached hydrogens (tertiary/aromatic N) is 1. The van der Waals surface area contributed by atoms with Crippen LogP contribution < -0.4 is 10.0 Å². The van der Waals surface area contributed by atoms with Gasteiger partial charge in [-0.3, -0.25) is 4.72 Å². The zero-order valence-electron chi connectivity index (χ0n) is 9.10. The number of hydrogen-bond acceptors (Lipinski definition) is 4. The SMILES string of the molecule is C=CCNc1ccc(NS(=O)(=O)CC)nc1. The monoisotopic (exact) mass is 241 g/mol. The summed E-state index contributed by atoms with van der Waals surface area (Å²) in [5.74, 6) is 0.358. The summed E-state index contributed by atoms with van der Waals surface area (Å²) in [5, 5.41) is 3.04. The van der Waals surface area contributed by atoms with Gasteiger partial charge in [0, 0.05) is 6.54 Å². The molecule has 0 fully saturated rings. The molecule has 1 heterocycles. The van der Waals surface area contributed by atoms with Crippen LogP contribution in [0.15, 0.2) is 31.0 Å². The van der Waals surface area contributed by atoms with E-state index in [-0.39, 0.29) is 5.75 Å². The van der Waals surface area contributed by atoms with Crippen LogP contribution in [-0.2, 0) is 10.0 Å². The van der Waals surface area contributed by atoms with Gasteiger partial charge in [-0.2, -0.15) is 0 Å². The maximum atomic E-state index is 11.2. The van der Waals surface area contributed by atoms with E-state index in [4.69, 9.17) is 0 Å². The van der Waals surface area contributed by atoms with Crippen LogP contribution in [0, 0.1) is 0 Å². The van der Waals surface area contributed by atoms with Crippen LogP contribution in [0.5, 0.6) is 0 Å². The molecule has 0 spiro atoms. The largest absolute Gasteiger partial charge is 0.380 e. The van der Waals surface area contributed by atoms with E-state index >= 15 is 0 Å². The molecule has 0 radical (unpaired) electrons. The first-order chi connectivity index (χ1) is 7.57. The first kappa shape index (κ1) is 12.5. The second-order valence-corrected chi connectivity index (χ2v) is 5.12. The van der Waals surface area contributed by atoms with Crippen LogP contribution in [0.25, 0.3) is 0 Å². The van der Waals surface area contributed by atoms with Crippen molar-refractivity contribution in [2.45, 2.75) is 6.92 Å². The Labute approximate surface area is 95.6 Å². The highest BCUT2D eigenvalue weighted by Crippen LogP contribution is 2.10. The fraction of sp³-hybridized carbons (Fsp3) is 0.300. The molecule has 88 valence electrons. The molecule has 1 aromatic heterocycles. The molecule has 0 aromatic carbocycles. The molecule has 0 unspecified atom stereocenters. The van der Waals surface area contributed by atoms with Gasteiger partial charge in [0.2, 0.25) is 10.0 Å². The van der Waals surface area contributed by atoms with Gasteiger partial charge in [0.1, 0.15) is 5.82 Å². The quantitative estimate of drug-likeness (QED) is 0.739. The van der Waals surface area contributed by atoms with Crippen molar-refractivity contribution in [1.29, 1.82) is 0 Å². The second-order valence-electron chi connectivity index (χ2n) is 3.11. The van der Waals surface area contributed by atoms with Crippen LogP contribution in [0.2, 0.25) is 0 Å². The van der Waals surface area contributed by atoms with E-state index in [0.717, 1.165) is 5.69 Å². The van der Waals surface area contributed by atoms with Crippen molar-refractivity contribution in [1.82, 2.24) is 4.98 Å². The zero-order valence-corrected chi connectivity index (χ0v) is 9.92. The van der Waals surface area contributed by atoms with E-state index in [1.54, 1.807) is 31.3 Å². The minimum absolute atomic E-state index is 0.0329. The smallest absolute Gasteiger partial charge is 0.233 e. The van der Waals surface area contributed by atoms with Crippen LogP contribution >= 0.6 is 0 Å². The van der Waals surface area contributed by atoms with Crippen LogP contribution in [0.4, 0.5) is 11.5 Å². The van der Waals surface area contributed by atoms with E-state index in [2.05, 4.69) is 21.6 Å². The Hall–Kier alpha value is -1.56. The van der Waals surface area contributed by atoms with Crippen molar-refractivity contribution in [3.05, 3.63) is 31.0 Å². The number of rotatable bonds is 6. The third kappa shape index (κ3) is 3.90. The van der Waals surface area contributed by atoms with Gasteiger partial charge in [-0.15, -0.1) is 6.58 Å². The lowest BCUT2D eigenvalue weighted by Gasteiger charge is -2.06. The van der Waals surface area contributed by atoms with Crippen LogP contribution in [0.3, 0.4) is 0 Å². The molecule has 0 saturated heterocycles. The Morgan fingerprint density at radius 3 is 2.75 bits per heavy atom. The average molecular weight is 241 g/mol. The third-order valence-corrected chi connectivity index (χ3v) is 3.13. The molecule has 0 aliphatic heterocycles. The Kier molecular flexibility index (Phi) is 4.30. The molecule has 0 aliphatic carbocycles. The number of sulfonamides is 1. The summed E-state index contributed by atoms with van der Waals surface area (Å²) in [5.41, 5.74) is 0.819. The summed E-state index contributed by atoms with van der Waals surface area (Å²) in [4.78, 5) is 3.98. The molecular weight excluding hydrogens is 226 g/mol. The van der Waals surface area contributed by atoms with Gasteiger partial charge in [-0.1, -0.05) is 6.08 Å². The zero-order chi connectivity index (χ0) is 12.0. The standard InChI is InChI=1S/C10H15N3O2S/c1-3-7-11-9-5-6-10(12-8-9)13-16(14,15)4-2/h3,5-6,8,11H,1,4,7H2,2H3,(H,12,13). The van der Waals surface area contributed by atoms with Crippen molar-refractivity contribution in [2.75, 3.05) is 22.3 Å². The number of nitrogens with one attached hydrogen (secondary N) is 2. The highest BCUT2D eigenvalue weighted by atomic mass is 32.2. The Morgan fingerprint density at radius 2 is 2.25 bits per heavy atom. The lowest BCUT2D eigenvalue weighted by Crippen LogP contribution is -2.15. The summed E-state index contributed by atoms with van der Waals surface area (Å²) < 4.78 is 24.9. The van der Waals surface area contributed by atoms with E-state index in [9.17, 15) is 8.42 Å². The molecule has 0 saturated carbocycles. The van der Waals surface area contributed by atoms with Gasteiger partial charge < -0.3 is 5.32 Å². The van der Waals surface area contributed by atoms with Crippen molar-refractivity contribution in [3.63, 3.8) is 0 Å². The summed E-state index contributed by atoms with van der Waals surface area (Å²) in [6, 6.07) is 3.36. The molecule has 0 atom stereocenters. The fourth-order valence-electron chi connectivity index (χ4n) is 0.980. The van der Waals surface area contributed by atoms with E-state index in [0.29, 0.717) is 12.4 Å². The maximum Gasteiger partial charge on any atom is 0.233 e. The molecule has 1 rings (SSSR count). The number of aromatic nitrogens is 1. The lowest BCUT2D eigenvalue weighted by atomic mass is 10.4. The second kappa shape index (κ2) is 5.50. The van der Waals surface area contributed by atoms with Gasteiger partial charge in [0.15, 0.2) is 0 Å². The predicted octanol–water partition coefficient (Wildman–Crippen LogP) is 1.44. The van der Waals surface area contributed by atoms with Crippen molar-refractivity contribution in [2.24, 2.45) is 0 Å². The normalized spacial score (nSPS) is 10.8. The molecular formula is C10H15N3O2S. The third-order valence-electron chi connectivity index (χ3n) is 1.85. The van der Waals surface area contributed by atoms with Gasteiger partial charge in [0.05, 0.1) is 17.6 Å². The molecule has 1 aromatic rings. The minimum Gasteiger partial charge on any atom is -0.380 e. The van der Waals surface area contributed by atoms with E-state index < -0.39 is 10.0 Å². The molecule has 0 aliphatic rings. The molecule has 0 bridgehead atoms. The number of hydrogen-bond donors (Lipinski definition) is 2. The van der Waals surface area contributed by atoms with Gasteiger partial charge in [0.25, 0.3) is 0 Å². The number of anilines is 2. The summed E-state index contributed by atoms with van der Waals surface area (Å²) >= 11 is 0. The average Bonchev–Trinajstić information content (AvgIpc) is 2.28. The minimum atomic E-state index is -3.25. The Bertz CT molecular complexity index is 440. The molecule has 16 heavy (non-hydrogen) atoms. The predicted molar refractivity (Wildman–Crippen MR) is 66.0 cm³/mol. The topological polar surface area (TPSA) is 71.1 Å². The highest BCUT2D eigenvalue weighted by molar-refractivity contribution is 7.92. The molecule has 2 N–H and O–H groups in total. The maximum absolute atomic E-state index is 11.2. The molecule has 0 amide bonds. The van der Waals surface area contributed by atoms with Crippen molar-refractivity contribution in [3.8, 4) is 0 Å². The lowest BCUT2D eigenvalue weighted by molar-refractivity contribution is 0.602. The van der Waals surface area contributed by atoms with Crippen LogP contribution in [0.1, 0.15) is 6.92 Å². The molecule has 6 heteroatoms. The fourth-order valence-corrected chi connectivity index (χ4v) is 1.56. The van der Waals surface area contributed by atoms with Gasteiger partial charge in [-0.05, 0) is 19.1 Å². The van der Waals surface area contributed by atoms with Crippen LogP contribution in [-0.4, -0.2) is 25.7 Å². The first-order valence-electron chi connectivity index (χ1n) is 4.88. The van der Waals surface area contributed by atoms with Gasteiger partial charge in [-0.25, -0.2) is 13.4 Å². The van der Waals surface area contributed by atoms with E-state index in [1.165, 1.54) is 0 Å². The van der Waals surface area contributed by atoms with E-state index in [1.807, 2.05) is 0 Å². The first-order valence-corrected chi connectivity index (χ1v) is 6.54. The summed E-state index contributed by atoms with van der Waals surface area (Å²) in [6.45, 7) is 5.79. The number of pyridine rings is 1. The highest BCUT2D eigenvalue weighted by Gasteiger charge is 2.06. The Morgan fingerprint density at radius 1 is 1.50 bits per heavy atom. The summed E-state index contributed by atoms with van der Waals surface area (Å²) in [6.07, 6.45) is 3.30. The van der Waals surface area contributed by atoms with Crippen molar-refractivity contribution < 1.29 is 8.42 Å².